The van der Waals surface area contributed by atoms with Gasteiger partial charge >= 0.3 is 0 Å². The van der Waals surface area contributed by atoms with E-state index in [4.69, 9.17) is 27.9 Å². The average Bonchev–Trinajstić information content (AvgIpc) is 3.11. The van der Waals surface area contributed by atoms with Crippen LogP contribution in [0.2, 0.25) is 10.0 Å². The van der Waals surface area contributed by atoms with Crippen molar-refractivity contribution < 1.29 is 13.2 Å². The maximum atomic E-state index is 12.6. The molecule has 0 atom stereocenters. The maximum Gasteiger partial charge on any atom is 0.264 e. The van der Waals surface area contributed by atoms with Crippen molar-refractivity contribution in [2.75, 3.05) is 11.8 Å². The summed E-state index contributed by atoms with van der Waals surface area (Å²) in [6.07, 6.45) is 4.06. The van der Waals surface area contributed by atoms with Crippen molar-refractivity contribution >= 4 is 39.0 Å². The van der Waals surface area contributed by atoms with Gasteiger partial charge in [-0.15, -0.1) is 0 Å². The van der Waals surface area contributed by atoms with E-state index in [0.29, 0.717) is 5.82 Å². The summed E-state index contributed by atoms with van der Waals surface area (Å²) in [6.45, 7) is 0. The summed E-state index contributed by atoms with van der Waals surface area (Å²) < 4.78 is 33.8. The molecule has 0 fully saturated rings. The van der Waals surface area contributed by atoms with Crippen LogP contribution in [0.4, 0.5) is 5.82 Å². The molecule has 1 N–H and O–H groups in total. The normalized spacial score (nSPS) is 11.3. The number of anilines is 1. The van der Waals surface area contributed by atoms with Crippen LogP contribution in [0.3, 0.4) is 0 Å². The van der Waals surface area contributed by atoms with Crippen LogP contribution in [0, 0.1) is 0 Å². The summed E-state index contributed by atoms with van der Waals surface area (Å²) in [5, 5.41) is 3.93. The number of methoxy groups -OCH3 is 1. The first-order valence-corrected chi connectivity index (χ1v) is 8.89. The third kappa shape index (κ3) is 3.50. The Kier molecular flexibility index (Phi) is 4.75. The zero-order chi connectivity index (χ0) is 18.0. The highest BCUT2D eigenvalue weighted by Crippen LogP contribution is 2.31. The lowest BCUT2D eigenvalue weighted by Crippen LogP contribution is -2.16. The molecule has 0 aliphatic heterocycles. The lowest BCUT2D eigenvalue weighted by molar-refractivity contribution is 0.397. The Morgan fingerprint density at radius 2 is 2.08 bits per heavy atom. The number of sulfonamides is 1. The molecule has 1 aromatic carbocycles. The molecule has 0 saturated carbocycles. The van der Waals surface area contributed by atoms with Crippen LogP contribution >= 0.6 is 23.2 Å². The van der Waals surface area contributed by atoms with E-state index in [1.54, 1.807) is 0 Å². The minimum Gasteiger partial charge on any atom is -0.478 e. The van der Waals surface area contributed by atoms with Gasteiger partial charge in [0.2, 0.25) is 5.82 Å². The minimum absolute atomic E-state index is 0.0466. The van der Waals surface area contributed by atoms with Gasteiger partial charge in [-0.05, 0) is 12.1 Å². The van der Waals surface area contributed by atoms with Crippen molar-refractivity contribution in [2.24, 2.45) is 0 Å². The highest BCUT2D eigenvalue weighted by molar-refractivity contribution is 7.92. The molecule has 3 aromatic rings. The molecule has 0 spiro atoms. The molecule has 0 bridgehead atoms. The summed E-state index contributed by atoms with van der Waals surface area (Å²) in [4.78, 5) is 11.8. The first-order valence-electron chi connectivity index (χ1n) is 6.65. The fourth-order valence-corrected chi connectivity index (χ4v) is 3.66. The number of ether oxygens (including phenoxy) is 1. The predicted octanol–water partition coefficient (Wildman–Crippen LogP) is 2.17. The Balaban J connectivity index is 1.98. The predicted molar refractivity (Wildman–Crippen MR) is 90.8 cm³/mol. The molecular formula is C13H10Cl2N6O3S. The first-order chi connectivity index (χ1) is 11.9. The first kappa shape index (κ1) is 17.4. The Hall–Kier alpha value is -2.43. The Bertz CT molecular complexity index is 1010. The van der Waals surface area contributed by atoms with Gasteiger partial charge in [0.1, 0.15) is 17.6 Å². The quantitative estimate of drug-likeness (QED) is 0.697. The molecule has 12 heteroatoms. The monoisotopic (exact) mass is 400 g/mol. The molecule has 0 aliphatic carbocycles. The van der Waals surface area contributed by atoms with E-state index in [0.717, 1.165) is 0 Å². The molecule has 130 valence electrons. The Morgan fingerprint density at radius 3 is 2.76 bits per heavy atom. The van der Waals surface area contributed by atoms with Crippen LogP contribution in [0.25, 0.3) is 5.82 Å². The maximum absolute atomic E-state index is 12.6. The minimum atomic E-state index is -4.05. The standard InChI is InChI=1S/C13H10Cl2N6O3S/c1-24-13-12(17-5-10(19-13)21-7-16-6-18-21)20-25(22,23)9-4-2-3-8(14)11(9)15/h2-7H,1H3,(H,17,20). The molecular weight excluding hydrogens is 391 g/mol. The van der Waals surface area contributed by atoms with E-state index in [-0.39, 0.29) is 26.6 Å². The lowest BCUT2D eigenvalue weighted by atomic mass is 10.4. The van der Waals surface area contributed by atoms with E-state index in [1.165, 1.54) is 48.8 Å². The van der Waals surface area contributed by atoms with Crippen molar-refractivity contribution in [1.29, 1.82) is 0 Å². The van der Waals surface area contributed by atoms with Crippen molar-refractivity contribution in [3.63, 3.8) is 0 Å². The summed E-state index contributed by atoms with van der Waals surface area (Å²) in [6, 6.07) is 4.27. The number of benzene rings is 1. The molecule has 25 heavy (non-hydrogen) atoms. The largest absolute Gasteiger partial charge is 0.478 e. The average molecular weight is 401 g/mol. The molecule has 2 aromatic heterocycles. The van der Waals surface area contributed by atoms with Crippen LogP contribution in [0.1, 0.15) is 0 Å². The zero-order valence-corrected chi connectivity index (χ0v) is 14.9. The summed E-state index contributed by atoms with van der Waals surface area (Å²) in [5.74, 6) is 0.148. The number of rotatable bonds is 5. The summed E-state index contributed by atoms with van der Waals surface area (Å²) in [5.41, 5.74) is 0. The molecule has 0 saturated heterocycles. The van der Waals surface area contributed by atoms with Gasteiger partial charge in [0.05, 0.1) is 23.4 Å². The van der Waals surface area contributed by atoms with E-state index in [1.807, 2.05) is 0 Å². The second-order valence-corrected chi connectivity index (χ2v) is 7.02. The Labute approximate surface area is 152 Å². The Morgan fingerprint density at radius 1 is 1.28 bits per heavy atom. The van der Waals surface area contributed by atoms with Crippen LogP contribution in [-0.2, 0) is 10.0 Å². The lowest BCUT2D eigenvalue weighted by Gasteiger charge is -2.12. The van der Waals surface area contributed by atoms with Crippen molar-refractivity contribution in [3.05, 3.63) is 47.1 Å². The molecule has 2 heterocycles. The van der Waals surface area contributed by atoms with Crippen molar-refractivity contribution in [3.8, 4) is 11.7 Å². The molecule has 0 aliphatic rings. The van der Waals surface area contributed by atoms with E-state index < -0.39 is 10.0 Å². The number of hydrogen-bond donors (Lipinski definition) is 1. The van der Waals surface area contributed by atoms with Gasteiger partial charge in [-0.3, -0.25) is 4.72 Å². The van der Waals surface area contributed by atoms with Gasteiger partial charge < -0.3 is 4.74 Å². The van der Waals surface area contributed by atoms with E-state index in [2.05, 4.69) is 24.8 Å². The van der Waals surface area contributed by atoms with Gasteiger partial charge in [0, 0.05) is 0 Å². The molecule has 0 unspecified atom stereocenters. The van der Waals surface area contributed by atoms with E-state index in [9.17, 15) is 8.42 Å². The van der Waals surface area contributed by atoms with Gasteiger partial charge in [-0.25, -0.2) is 23.1 Å². The van der Waals surface area contributed by atoms with Gasteiger partial charge in [-0.2, -0.15) is 10.1 Å². The number of aromatic nitrogens is 5. The number of halogens is 2. The van der Waals surface area contributed by atoms with E-state index >= 15 is 0 Å². The second-order valence-electron chi connectivity index (χ2n) is 4.58. The van der Waals surface area contributed by atoms with Crippen LogP contribution in [0.15, 0.2) is 41.9 Å². The zero-order valence-electron chi connectivity index (χ0n) is 12.6. The van der Waals surface area contributed by atoms with Gasteiger partial charge in [0.25, 0.3) is 15.9 Å². The van der Waals surface area contributed by atoms with Gasteiger partial charge in [-0.1, -0.05) is 29.3 Å². The molecule has 9 nitrogen and oxygen atoms in total. The van der Waals surface area contributed by atoms with Crippen LogP contribution in [0.5, 0.6) is 5.88 Å². The summed E-state index contributed by atoms with van der Waals surface area (Å²) >= 11 is 11.8. The highest BCUT2D eigenvalue weighted by atomic mass is 35.5. The highest BCUT2D eigenvalue weighted by Gasteiger charge is 2.22. The fraction of sp³-hybridized carbons (Fsp3) is 0.0769. The van der Waals surface area contributed by atoms with Gasteiger partial charge in [0.15, 0.2) is 5.82 Å². The number of hydrogen-bond acceptors (Lipinski definition) is 7. The topological polar surface area (TPSA) is 112 Å². The third-order valence-electron chi connectivity index (χ3n) is 3.01. The SMILES string of the molecule is COc1nc(-n2cncn2)cnc1NS(=O)(=O)c1cccc(Cl)c1Cl. The second kappa shape index (κ2) is 6.82. The fourth-order valence-electron chi connectivity index (χ4n) is 1.89. The molecule has 3 rings (SSSR count). The number of nitrogens with zero attached hydrogens (tertiary/aromatic N) is 5. The molecule has 0 radical (unpaired) electrons. The number of nitrogens with one attached hydrogen (secondary N) is 1. The summed E-state index contributed by atoms with van der Waals surface area (Å²) in [7, 11) is -2.72. The van der Waals surface area contributed by atoms with Crippen LogP contribution in [-0.4, -0.2) is 40.3 Å². The van der Waals surface area contributed by atoms with Crippen molar-refractivity contribution in [1.82, 2.24) is 24.7 Å². The van der Waals surface area contributed by atoms with Crippen molar-refractivity contribution in [2.45, 2.75) is 4.90 Å². The smallest absolute Gasteiger partial charge is 0.264 e. The van der Waals surface area contributed by atoms with Crippen LogP contribution < -0.4 is 9.46 Å². The third-order valence-corrected chi connectivity index (χ3v) is 5.32. The molecule has 0 amide bonds.